The van der Waals surface area contributed by atoms with Crippen LogP contribution in [0.2, 0.25) is 0 Å². The summed E-state index contributed by atoms with van der Waals surface area (Å²) in [5, 5.41) is 10.8. The maximum absolute atomic E-state index is 10.8. The smallest absolute Gasteiger partial charge is 0.258 e. The van der Waals surface area contributed by atoms with Crippen LogP contribution < -0.4 is 0 Å². The number of nitro groups is 1. The van der Waals surface area contributed by atoms with Crippen molar-refractivity contribution in [2.24, 2.45) is 0 Å². The van der Waals surface area contributed by atoms with Gasteiger partial charge in [-0.1, -0.05) is 56.3 Å². The van der Waals surface area contributed by atoms with Gasteiger partial charge in [0.25, 0.3) is 5.69 Å². The third-order valence-electron chi connectivity index (χ3n) is 3.27. The second-order valence-corrected chi connectivity index (χ2v) is 4.80. The molecule has 0 saturated heterocycles. The van der Waals surface area contributed by atoms with Gasteiger partial charge in [-0.25, -0.2) is 0 Å². The number of hydrogen-bond acceptors (Lipinski definition) is 2. The zero-order valence-electron chi connectivity index (χ0n) is 10.5. The molecule has 0 saturated carbocycles. The van der Waals surface area contributed by atoms with Crippen LogP contribution >= 0.6 is 0 Å². The van der Waals surface area contributed by atoms with Crippen LogP contribution in [-0.2, 0) is 5.41 Å². The highest BCUT2D eigenvalue weighted by molar-refractivity contribution is 5.43. The molecule has 0 aliphatic heterocycles. The number of non-ortho nitro benzene ring substituents is 1. The maximum atomic E-state index is 10.8. The fourth-order valence-electron chi connectivity index (χ4n) is 2.03. The van der Waals surface area contributed by atoms with Gasteiger partial charge in [0.15, 0.2) is 0 Å². The van der Waals surface area contributed by atoms with Gasteiger partial charge in [-0.15, -0.1) is 0 Å². The van der Waals surface area contributed by atoms with Gasteiger partial charge in [-0.05, 0) is 11.1 Å². The van der Waals surface area contributed by atoms with E-state index in [0.717, 1.165) is 11.1 Å². The van der Waals surface area contributed by atoms with Crippen molar-refractivity contribution in [1.29, 1.82) is 0 Å². The lowest BCUT2D eigenvalue weighted by Crippen LogP contribution is -2.18. The van der Waals surface area contributed by atoms with E-state index in [2.05, 4.69) is 13.8 Å². The van der Waals surface area contributed by atoms with Crippen molar-refractivity contribution in [3.63, 3.8) is 0 Å². The number of rotatable bonds is 3. The molecule has 0 N–H and O–H groups in total. The molecule has 0 atom stereocenters. The van der Waals surface area contributed by atoms with Crippen molar-refractivity contribution in [2.75, 3.05) is 0 Å². The second-order valence-electron chi connectivity index (χ2n) is 4.80. The summed E-state index contributed by atoms with van der Waals surface area (Å²) in [5.74, 6) is 0. The minimum Gasteiger partial charge on any atom is -0.258 e. The van der Waals surface area contributed by atoms with E-state index in [1.165, 1.54) is 6.07 Å². The van der Waals surface area contributed by atoms with Crippen LogP contribution in [0.5, 0.6) is 0 Å². The molecule has 2 aromatic carbocycles. The standard InChI is InChI=1S/C15H15NO2/c1-15(2,12-7-4-3-5-8-12)13-9-6-10-14(11-13)16(17)18/h3-11H,1-2H3. The fraction of sp³-hybridized carbons (Fsp3) is 0.200. The molecular formula is C15H15NO2. The van der Waals surface area contributed by atoms with Gasteiger partial charge in [-0.3, -0.25) is 10.1 Å². The Balaban J connectivity index is 2.47. The van der Waals surface area contributed by atoms with E-state index in [1.54, 1.807) is 12.1 Å². The first kappa shape index (κ1) is 12.3. The van der Waals surface area contributed by atoms with Gasteiger partial charge in [0.1, 0.15) is 0 Å². The van der Waals surface area contributed by atoms with Crippen molar-refractivity contribution in [3.05, 3.63) is 75.8 Å². The SMILES string of the molecule is CC(C)(c1ccccc1)c1cccc([N+](=O)[O-])c1. The van der Waals surface area contributed by atoms with E-state index in [4.69, 9.17) is 0 Å². The number of hydrogen-bond donors (Lipinski definition) is 0. The Morgan fingerprint density at radius 1 is 0.944 bits per heavy atom. The summed E-state index contributed by atoms with van der Waals surface area (Å²) in [5.41, 5.74) is 1.98. The molecule has 0 unspecified atom stereocenters. The molecular weight excluding hydrogens is 226 g/mol. The minimum absolute atomic E-state index is 0.136. The van der Waals surface area contributed by atoms with Gasteiger partial charge < -0.3 is 0 Å². The van der Waals surface area contributed by atoms with Crippen molar-refractivity contribution in [2.45, 2.75) is 19.3 Å². The quantitative estimate of drug-likeness (QED) is 0.603. The van der Waals surface area contributed by atoms with E-state index in [1.807, 2.05) is 36.4 Å². The highest BCUT2D eigenvalue weighted by Crippen LogP contribution is 2.32. The van der Waals surface area contributed by atoms with E-state index >= 15 is 0 Å². The largest absolute Gasteiger partial charge is 0.269 e. The topological polar surface area (TPSA) is 43.1 Å². The van der Waals surface area contributed by atoms with Crippen molar-refractivity contribution in [3.8, 4) is 0 Å². The molecule has 0 amide bonds. The summed E-state index contributed by atoms with van der Waals surface area (Å²) >= 11 is 0. The van der Waals surface area contributed by atoms with Crippen molar-refractivity contribution in [1.82, 2.24) is 0 Å². The fourth-order valence-corrected chi connectivity index (χ4v) is 2.03. The molecule has 0 aromatic heterocycles. The van der Waals surface area contributed by atoms with Gasteiger partial charge in [-0.2, -0.15) is 0 Å². The van der Waals surface area contributed by atoms with Gasteiger partial charge in [0.2, 0.25) is 0 Å². The summed E-state index contributed by atoms with van der Waals surface area (Å²) in [6, 6.07) is 16.8. The summed E-state index contributed by atoms with van der Waals surface area (Å²) in [6.07, 6.45) is 0. The summed E-state index contributed by atoms with van der Waals surface area (Å²) in [6.45, 7) is 4.14. The van der Waals surface area contributed by atoms with E-state index < -0.39 is 0 Å². The normalized spacial score (nSPS) is 11.2. The lowest BCUT2D eigenvalue weighted by atomic mass is 9.78. The third kappa shape index (κ3) is 2.25. The van der Waals surface area contributed by atoms with Crippen LogP contribution in [0.1, 0.15) is 25.0 Å². The van der Waals surface area contributed by atoms with Gasteiger partial charge in [0.05, 0.1) is 4.92 Å². The lowest BCUT2D eigenvalue weighted by molar-refractivity contribution is -0.384. The molecule has 0 heterocycles. The zero-order chi connectivity index (χ0) is 13.2. The second kappa shape index (κ2) is 4.61. The minimum atomic E-state index is -0.357. The van der Waals surface area contributed by atoms with Crippen molar-refractivity contribution < 1.29 is 4.92 Å². The van der Waals surface area contributed by atoms with E-state index in [9.17, 15) is 10.1 Å². The van der Waals surface area contributed by atoms with E-state index in [0.29, 0.717) is 0 Å². The third-order valence-corrected chi connectivity index (χ3v) is 3.27. The molecule has 3 nitrogen and oxygen atoms in total. The summed E-state index contributed by atoms with van der Waals surface area (Å²) in [4.78, 5) is 10.5. The molecule has 0 aliphatic carbocycles. The molecule has 92 valence electrons. The Labute approximate surface area is 106 Å². The summed E-state index contributed by atoms with van der Waals surface area (Å²) < 4.78 is 0. The Bertz CT molecular complexity index is 562. The molecule has 2 rings (SSSR count). The van der Waals surface area contributed by atoms with Crippen LogP contribution in [0.3, 0.4) is 0 Å². The molecule has 3 heteroatoms. The first-order valence-corrected chi connectivity index (χ1v) is 5.82. The van der Waals surface area contributed by atoms with Crippen LogP contribution in [0.4, 0.5) is 5.69 Å². The predicted octanol–water partition coefficient (Wildman–Crippen LogP) is 3.92. The van der Waals surface area contributed by atoms with E-state index in [-0.39, 0.29) is 16.0 Å². The highest BCUT2D eigenvalue weighted by Gasteiger charge is 2.24. The molecule has 2 aromatic rings. The number of nitro benzene ring substituents is 1. The van der Waals surface area contributed by atoms with Crippen LogP contribution in [-0.4, -0.2) is 4.92 Å². The first-order valence-electron chi connectivity index (χ1n) is 5.82. The first-order chi connectivity index (χ1) is 8.51. The average molecular weight is 241 g/mol. The Morgan fingerprint density at radius 2 is 1.56 bits per heavy atom. The number of benzene rings is 2. The highest BCUT2D eigenvalue weighted by atomic mass is 16.6. The maximum Gasteiger partial charge on any atom is 0.269 e. The Kier molecular flexibility index (Phi) is 3.15. The lowest BCUT2D eigenvalue weighted by Gasteiger charge is -2.25. The van der Waals surface area contributed by atoms with Gasteiger partial charge >= 0.3 is 0 Å². The Hall–Kier alpha value is -2.16. The van der Waals surface area contributed by atoms with Crippen LogP contribution in [0.25, 0.3) is 0 Å². The van der Waals surface area contributed by atoms with Crippen LogP contribution in [0, 0.1) is 10.1 Å². The predicted molar refractivity (Wildman–Crippen MR) is 71.7 cm³/mol. The van der Waals surface area contributed by atoms with Crippen molar-refractivity contribution >= 4 is 5.69 Å². The molecule has 18 heavy (non-hydrogen) atoms. The molecule has 0 radical (unpaired) electrons. The summed E-state index contributed by atoms with van der Waals surface area (Å²) in [7, 11) is 0. The molecule has 0 aliphatic rings. The van der Waals surface area contributed by atoms with Gasteiger partial charge in [0, 0.05) is 17.5 Å². The molecule has 0 bridgehead atoms. The number of nitrogens with zero attached hydrogens (tertiary/aromatic N) is 1. The molecule has 0 spiro atoms. The average Bonchev–Trinajstić information content (AvgIpc) is 2.40. The van der Waals surface area contributed by atoms with Crippen LogP contribution in [0.15, 0.2) is 54.6 Å². The zero-order valence-corrected chi connectivity index (χ0v) is 10.5. The monoisotopic (exact) mass is 241 g/mol. The molecule has 0 fully saturated rings. The Morgan fingerprint density at radius 3 is 2.17 bits per heavy atom.